The average Bonchev–Trinajstić information content (AvgIpc) is 2.15. The standard InChI is InChI=1S/C9H18N2O2S/c1-8(12)11-6-3-2-4-9(11)5-7-14(10)13/h9H,2-7,10H2,1H3. The Hall–Kier alpha value is -0.420. The summed E-state index contributed by atoms with van der Waals surface area (Å²) in [6.45, 7) is 2.44. The molecular formula is C9H18N2O2S. The van der Waals surface area contributed by atoms with Gasteiger partial charge in [0.2, 0.25) is 5.91 Å². The fourth-order valence-corrected chi connectivity index (χ4v) is 2.47. The van der Waals surface area contributed by atoms with Crippen molar-refractivity contribution >= 4 is 16.9 Å². The Morgan fingerprint density at radius 2 is 2.29 bits per heavy atom. The molecule has 0 saturated carbocycles. The maximum Gasteiger partial charge on any atom is 0.219 e. The van der Waals surface area contributed by atoms with Crippen LogP contribution in [0.3, 0.4) is 0 Å². The van der Waals surface area contributed by atoms with Crippen molar-refractivity contribution in [1.29, 1.82) is 0 Å². The van der Waals surface area contributed by atoms with Gasteiger partial charge in [-0.05, 0) is 25.7 Å². The van der Waals surface area contributed by atoms with E-state index in [1.54, 1.807) is 6.92 Å². The van der Waals surface area contributed by atoms with Crippen molar-refractivity contribution in [2.24, 2.45) is 5.14 Å². The molecule has 1 rings (SSSR count). The van der Waals surface area contributed by atoms with E-state index in [0.29, 0.717) is 5.75 Å². The number of piperidine rings is 1. The molecule has 14 heavy (non-hydrogen) atoms. The van der Waals surface area contributed by atoms with Crippen molar-refractivity contribution in [3.63, 3.8) is 0 Å². The first-order chi connectivity index (χ1) is 6.61. The second kappa shape index (κ2) is 5.46. The summed E-state index contributed by atoms with van der Waals surface area (Å²) in [5.41, 5.74) is 0. The number of amides is 1. The topological polar surface area (TPSA) is 63.4 Å². The third-order valence-corrected chi connectivity index (χ3v) is 3.32. The van der Waals surface area contributed by atoms with Crippen LogP contribution in [0, 0.1) is 0 Å². The first kappa shape index (κ1) is 11.7. The molecule has 0 bridgehead atoms. The predicted molar refractivity (Wildman–Crippen MR) is 56.8 cm³/mol. The largest absolute Gasteiger partial charge is 0.340 e. The Bertz CT molecular complexity index is 233. The van der Waals surface area contributed by atoms with Crippen LogP contribution < -0.4 is 5.14 Å². The summed E-state index contributed by atoms with van der Waals surface area (Å²) >= 11 is 0. The molecular weight excluding hydrogens is 200 g/mol. The number of carbonyl (C=O) groups excluding carboxylic acids is 1. The fraction of sp³-hybridized carbons (Fsp3) is 0.889. The highest BCUT2D eigenvalue weighted by Gasteiger charge is 2.23. The molecule has 1 heterocycles. The molecule has 1 aliphatic heterocycles. The number of hydrogen-bond acceptors (Lipinski definition) is 2. The first-order valence-electron chi connectivity index (χ1n) is 5.01. The predicted octanol–water partition coefficient (Wildman–Crippen LogP) is 0.400. The Balaban J connectivity index is 2.45. The summed E-state index contributed by atoms with van der Waals surface area (Å²) in [5, 5.41) is 5.20. The van der Waals surface area contributed by atoms with Crippen LogP contribution in [0.25, 0.3) is 0 Å². The summed E-state index contributed by atoms with van der Waals surface area (Å²) in [5.74, 6) is 0.617. The van der Waals surface area contributed by atoms with Gasteiger partial charge < -0.3 is 4.90 Å². The van der Waals surface area contributed by atoms with Crippen molar-refractivity contribution in [3.05, 3.63) is 0 Å². The summed E-state index contributed by atoms with van der Waals surface area (Å²) in [6, 6.07) is 0.258. The zero-order valence-corrected chi connectivity index (χ0v) is 9.39. The molecule has 2 unspecified atom stereocenters. The quantitative estimate of drug-likeness (QED) is 0.745. The van der Waals surface area contributed by atoms with Crippen LogP contribution in [0.1, 0.15) is 32.6 Å². The molecule has 82 valence electrons. The smallest absolute Gasteiger partial charge is 0.219 e. The normalized spacial score (nSPS) is 24.7. The zero-order valence-electron chi connectivity index (χ0n) is 8.57. The van der Waals surface area contributed by atoms with Crippen LogP contribution in [0.5, 0.6) is 0 Å². The number of carbonyl (C=O) groups is 1. The Kier molecular flexibility index (Phi) is 4.54. The lowest BCUT2D eigenvalue weighted by molar-refractivity contribution is -0.132. The number of rotatable bonds is 3. The third-order valence-electron chi connectivity index (χ3n) is 2.68. The number of hydrogen-bond donors (Lipinski definition) is 1. The SMILES string of the molecule is CC(=O)N1CCCCC1CCS(N)=O. The van der Waals surface area contributed by atoms with Crippen LogP contribution in [-0.2, 0) is 15.8 Å². The van der Waals surface area contributed by atoms with Crippen LogP contribution >= 0.6 is 0 Å². The van der Waals surface area contributed by atoms with Gasteiger partial charge in [-0.3, -0.25) is 9.93 Å². The van der Waals surface area contributed by atoms with E-state index >= 15 is 0 Å². The van der Waals surface area contributed by atoms with Gasteiger partial charge in [0.05, 0.1) is 11.0 Å². The lowest BCUT2D eigenvalue weighted by Gasteiger charge is -2.34. The van der Waals surface area contributed by atoms with E-state index in [-0.39, 0.29) is 11.9 Å². The molecule has 5 heteroatoms. The van der Waals surface area contributed by atoms with Crippen molar-refractivity contribution in [3.8, 4) is 0 Å². The molecule has 1 amide bonds. The molecule has 0 radical (unpaired) electrons. The average molecular weight is 218 g/mol. The van der Waals surface area contributed by atoms with E-state index in [4.69, 9.17) is 5.14 Å². The van der Waals surface area contributed by atoms with Gasteiger partial charge in [-0.1, -0.05) is 0 Å². The van der Waals surface area contributed by atoms with Crippen LogP contribution in [0.2, 0.25) is 0 Å². The van der Waals surface area contributed by atoms with Crippen molar-refractivity contribution in [2.75, 3.05) is 12.3 Å². The summed E-state index contributed by atoms with van der Waals surface area (Å²) in [4.78, 5) is 13.2. The maximum absolute atomic E-state index is 11.3. The molecule has 0 aromatic rings. The minimum absolute atomic E-state index is 0.123. The number of nitrogens with zero attached hydrogens (tertiary/aromatic N) is 1. The number of nitrogens with two attached hydrogens (primary N) is 1. The molecule has 2 atom stereocenters. The van der Waals surface area contributed by atoms with E-state index in [9.17, 15) is 9.00 Å². The summed E-state index contributed by atoms with van der Waals surface area (Å²) < 4.78 is 10.7. The highest BCUT2D eigenvalue weighted by atomic mass is 32.2. The summed E-state index contributed by atoms with van der Waals surface area (Å²) in [7, 11) is -1.23. The highest BCUT2D eigenvalue weighted by Crippen LogP contribution is 2.19. The minimum Gasteiger partial charge on any atom is -0.340 e. The first-order valence-corrected chi connectivity index (χ1v) is 6.39. The van der Waals surface area contributed by atoms with Gasteiger partial charge in [0.15, 0.2) is 0 Å². The van der Waals surface area contributed by atoms with Gasteiger partial charge >= 0.3 is 0 Å². The molecule has 0 aromatic heterocycles. The summed E-state index contributed by atoms with van der Waals surface area (Å²) in [6.07, 6.45) is 4.03. The maximum atomic E-state index is 11.3. The molecule has 0 aromatic carbocycles. The van der Waals surface area contributed by atoms with E-state index in [1.165, 1.54) is 0 Å². The Morgan fingerprint density at radius 1 is 1.57 bits per heavy atom. The fourth-order valence-electron chi connectivity index (χ4n) is 1.97. The van der Waals surface area contributed by atoms with E-state index < -0.39 is 11.0 Å². The monoisotopic (exact) mass is 218 g/mol. The molecule has 0 aliphatic carbocycles. The molecule has 1 fully saturated rings. The molecule has 1 aliphatic rings. The number of likely N-dealkylation sites (tertiary alicyclic amines) is 1. The molecule has 1 saturated heterocycles. The zero-order chi connectivity index (χ0) is 10.6. The van der Waals surface area contributed by atoms with Gasteiger partial charge in [-0.2, -0.15) is 0 Å². The second-order valence-corrected chi connectivity index (χ2v) is 4.91. The van der Waals surface area contributed by atoms with Gasteiger partial charge in [-0.25, -0.2) is 4.21 Å². The minimum atomic E-state index is -1.23. The van der Waals surface area contributed by atoms with E-state index in [2.05, 4.69) is 0 Å². The van der Waals surface area contributed by atoms with Gasteiger partial charge in [0.1, 0.15) is 0 Å². The second-order valence-electron chi connectivity index (χ2n) is 3.74. The molecule has 2 N–H and O–H groups in total. The highest BCUT2D eigenvalue weighted by molar-refractivity contribution is 7.82. The van der Waals surface area contributed by atoms with Crippen LogP contribution in [0.15, 0.2) is 0 Å². The van der Waals surface area contributed by atoms with Crippen molar-refractivity contribution < 1.29 is 9.00 Å². The van der Waals surface area contributed by atoms with Crippen molar-refractivity contribution in [2.45, 2.75) is 38.6 Å². The third kappa shape index (κ3) is 3.38. The lowest BCUT2D eigenvalue weighted by atomic mass is 10.00. The van der Waals surface area contributed by atoms with Crippen molar-refractivity contribution in [1.82, 2.24) is 4.90 Å². The van der Waals surface area contributed by atoms with Gasteiger partial charge in [0.25, 0.3) is 0 Å². The molecule has 4 nitrogen and oxygen atoms in total. The van der Waals surface area contributed by atoms with E-state index in [1.807, 2.05) is 4.90 Å². The lowest BCUT2D eigenvalue weighted by Crippen LogP contribution is -2.43. The van der Waals surface area contributed by atoms with Crippen LogP contribution in [0.4, 0.5) is 0 Å². The Morgan fingerprint density at radius 3 is 2.86 bits per heavy atom. The van der Waals surface area contributed by atoms with Crippen LogP contribution in [-0.4, -0.2) is 33.4 Å². The van der Waals surface area contributed by atoms with Gasteiger partial charge in [-0.15, -0.1) is 0 Å². The Labute approximate surface area is 87.4 Å². The molecule has 0 spiro atoms. The van der Waals surface area contributed by atoms with E-state index in [0.717, 1.165) is 32.2 Å². The van der Waals surface area contributed by atoms with Gasteiger partial charge in [0, 0.05) is 25.3 Å².